The Morgan fingerprint density at radius 2 is 2.03 bits per heavy atom. The van der Waals surface area contributed by atoms with Crippen LogP contribution in [-0.4, -0.2) is 46.3 Å². The van der Waals surface area contributed by atoms with Crippen molar-refractivity contribution in [1.29, 1.82) is 0 Å². The van der Waals surface area contributed by atoms with Gasteiger partial charge in [-0.3, -0.25) is 19.9 Å². The molecule has 0 bridgehead atoms. The van der Waals surface area contributed by atoms with Crippen LogP contribution in [0.1, 0.15) is 21.0 Å². The lowest BCUT2D eigenvalue weighted by Gasteiger charge is -2.17. The van der Waals surface area contributed by atoms with Crippen molar-refractivity contribution >= 4 is 35.1 Å². The van der Waals surface area contributed by atoms with Gasteiger partial charge in [-0.2, -0.15) is 4.98 Å². The summed E-state index contributed by atoms with van der Waals surface area (Å²) >= 11 is 6.09. The van der Waals surface area contributed by atoms with E-state index >= 15 is 0 Å². The molecule has 154 valence electrons. The van der Waals surface area contributed by atoms with Crippen LogP contribution in [0.25, 0.3) is 0 Å². The van der Waals surface area contributed by atoms with E-state index in [1.807, 2.05) is 0 Å². The van der Waals surface area contributed by atoms with Crippen LogP contribution in [0.15, 0.2) is 28.2 Å². The molecule has 0 spiro atoms. The summed E-state index contributed by atoms with van der Waals surface area (Å²) in [4.78, 5) is 28.0. The minimum Gasteiger partial charge on any atom is -0.404 e. The molecule has 16 heteroatoms. The van der Waals surface area contributed by atoms with Gasteiger partial charge >= 0.3 is 6.36 Å². The van der Waals surface area contributed by atoms with Gasteiger partial charge < -0.3 is 14.6 Å². The molecule has 4 N–H and O–H groups in total. The number of aromatic nitrogens is 2. The number of carbonyl (C=O) groups is 2. The summed E-state index contributed by atoms with van der Waals surface area (Å²) in [6, 6.07) is 1.80. The largest absolute Gasteiger partial charge is 0.573 e. The number of hydrogen-bond donors (Lipinski definition) is 4. The topological polar surface area (TPSA) is 146 Å². The highest BCUT2D eigenvalue weighted by atomic mass is 35.5. The molecule has 2 heterocycles. The Morgan fingerprint density at radius 3 is 2.62 bits per heavy atom. The first-order chi connectivity index (χ1) is 13.7. The van der Waals surface area contributed by atoms with Crippen molar-refractivity contribution in [1.82, 2.24) is 31.5 Å². The van der Waals surface area contributed by atoms with Gasteiger partial charge in [0, 0.05) is 7.05 Å². The molecule has 1 aromatic carbocycles. The van der Waals surface area contributed by atoms with Crippen molar-refractivity contribution < 1.29 is 32.0 Å². The van der Waals surface area contributed by atoms with E-state index in [-0.39, 0.29) is 11.5 Å². The molecular weight excluding hydrogens is 425 g/mol. The highest BCUT2D eigenvalue weighted by molar-refractivity contribution is 6.37. The molecule has 3 rings (SSSR count). The first kappa shape index (κ1) is 20.2. The van der Waals surface area contributed by atoms with Crippen LogP contribution in [0.5, 0.6) is 5.75 Å². The van der Waals surface area contributed by atoms with Gasteiger partial charge in [-0.15, -0.1) is 23.8 Å². The molecule has 1 aliphatic heterocycles. The van der Waals surface area contributed by atoms with Gasteiger partial charge in [0.25, 0.3) is 17.6 Å². The van der Waals surface area contributed by atoms with Crippen LogP contribution in [0.3, 0.4) is 0 Å². The lowest BCUT2D eigenvalue weighted by atomic mass is 10.1. The molecule has 0 atom stereocenters. The maximum Gasteiger partial charge on any atom is 0.573 e. The SMILES string of the molecule is CN1NNN=C1NC(=O)c1ccc(OC(F)(F)F)c(NC(=O)c2ncon2)c1Cl. The predicted octanol–water partition coefficient (Wildman–Crippen LogP) is 0.829. The Balaban J connectivity index is 1.94. The van der Waals surface area contributed by atoms with Gasteiger partial charge in [-0.25, -0.2) is 5.53 Å². The molecule has 0 radical (unpaired) electrons. The molecular formula is C13H10ClF3N8O4. The van der Waals surface area contributed by atoms with E-state index in [0.717, 1.165) is 18.5 Å². The molecule has 1 aromatic heterocycles. The first-order valence-electron chi connectivity index (χ1n) is 7.45. The number of nitrogens with zero attached hydrogens (tertiary/aromatic N) is 4. The number of hydrogen-bond acceptors (Lipinski definition) is 10. The third-order valence-electron chi connectivity index (χ3n) is 3.30. The van der Waals surface area contributed by atoms with Crippen LogP contribution in [-0.2, 0) is 0 Å². The third-order valence-corrected chi connectivity index (χ3v) is 3.69. The van der Waals surface area contributed by atoms with Gasteiger partial charge in [-0.1, -0.05) is 16.8 Å². The van der Waals surface area contributed by atoms with Crippen molar-refractivity contribution in [3.8, 4) is 5.75 Å². The van der Waals surface area contributed by atoms with E-state index in [2.05, 4.69) is 46.2 Å². The number of ether oxygens (including phenoxy) is 1. The number of halogens is 4. The van der Waals surface area contributed by atoms with E-state index < -0.39 is 40.5 Å². The highest BCUT2D eigenvalue weighted by Crippen LogP contribution is 2.38. The van der Waals surface area contributed by atoms with Gasteiger partial charge in [0.15, 0.2) is 5.75 Å². The lowest BCUT2D eigenvalue weighted by Crippen LogP contribution is -2.45. The second-order valence-electron chi connectivity index (χ2n) is 5.23. The number of nitrogens with one attached hydrogen (secondary N) is 4. The standard InChI is InChI=1S/C13H10ClF3N8O4/c1-25-12(21-23-24-25)20-10(26)5-2-3-6(29-13(15,16)17)8(7(5)14)19-11(27)9-18-4-28-22-9/h2-4,23-24H,1H3,(H,19,27)(H,20,21,26). The first-order valence-corrected chi connectivity index (χ1v) is 7.83. The lowest BCUT2D eigenvalue weighted by molar-refractivity contribution is -0.274. The minimum atomic E-state index is -5.09. The Labute approximate surface area is 163 Å². The van der Waals surface area contributed by atoms with Gasteiger partial charge in [0.2, 0.25) is 12.4 Å². The van der Waals surface area contributed by atoms with Crippen LogP contribution >= 0.6 is 11.6 Å². The monoisotopic (exact) mass is 434 g/mol. The molecule has 0 fully saturated rings. The molecule has 0 saturated carbocycles. The van der Waals surface area contributed by atoms with Gasteiger partial charge in [-0.05, 0) is 12.1 Å². The Bertz CT molecular complexity index is 966. The summed E-state index contributed by atoms with van der Waals surface area (Å²) < 4.78 is 46.4. The van der Waals surface area contributed by atoms with Crippen LogP contribution in [0.4, 0.5) is 18.9 Å². The Morgan fingerprint density at radius 1 is 1.28 bits per heavy atom. The average molecular weight is 435 g/mol. The number of carbonyl (C=O) groups excluding carboxylic acids is 2. The van der Waals surface area contributed by atoms with Crippen molar-refractivity contribution in [2.75, 3.05) is 12.4 Å². The number of alkyl halides is 3. The fraction of sp³-hybridized carbons (Fsp3) is 0.154. The summed E-state index contributed by atoms with van der Waals surface area (Å²) in [5.41, 5.74) is 4.02. The predicted molar refractivity (Wildman–Crippen MR) is 89.3 cm³/mol. The van der Waals surface area contributed by atoms with E-state index in [4.69, 9.17) is 11.6 Å². The van der Waals surface area contributed by atoms with E-state index in [1.54, 1.807) is 0 Å². The van der Waals surface area contributed by atoms with Crippen molar-refractivity contribution in [3.05, 3.63) is 34.9 Å². The summed E-state index contributed by atoms with van der Waals surface area (Å²) in [6.45, 7) is 0. The zero-order chi connectivity index (χ0) is 21.2. The number of anilines is 1. The van der Waals surface area contributed by atoms with Gasteiger partial charge in [0.1, 0.15) is 5.69 Å². The summed E-state index contributed by atoms with van der Waals surface area (Å²) in [5, 5.41) is 12.2. The smallest absolute Gasteiger partial charge is 0.404 e. The van der Waals surface area contributed by atoms with Crippen LogP contribution in [0, 0.1) is 0 Å². The number of amides is 2. The zero-order valence-electron chi connectivity index (χ0n) is 14.2. The Kier molecular flexibility index (Phi) is 5.42. The van der Waals surface area contributed by atoms with E-state index in [1.165, 1.54) is 12.1 Å². The Hall–Kier alpha value is -3.59. The number of hydrazone groups is 1. The maximum absolute atomic E-state index is 12.7. The van der Waals surface area contributed by atoms with Gasteiger partial charge in [0.05, 0.1) is 10.6 Å². The second kappa shape index (κ2) is 7.80. The number of hydrazine groups is 2. The zero-order valence-corrected chi connectivity index (χ0v) is 14.9. The minimum absolute atomic E-state index is 0.0547. The van der Waals surface area contributed by atoms with Crippen molar-refractivity contribution in [3.63, 3.8) is 0 Å². The fourth-order valence-corrected chi connectivity index (χ4v) is 2.35. The fourth-order valence-electron chi connectivity index (χ4n) is 2.06. The molecule has 2 amide bonds. The molecule has 0 saturated heterocycles. The number of guanidine groups is 1. The molecule has 0 aliphatic carbocycles. The van der Waals surface area contributed by atoms with Crippen molar-refractivity contribution in [2.45, 2.75) is 6.36 Å². The molecule has 12 nitrogen and oxygen atoms in total. The number of benzene rings is 1. The van der Waals surface area contributed by atoms with E-state index in [9.17, 15) is 22.8 Å². The summed E-state index contributed by atoms with van der Waals surface area (Å²) in [6.07, 6.45) is -4.24. The molecule has 29 heavy (non-hydrogen) atoms. The normalized spacial score (nSPS) is 13.6. The van der Waals surface area contributed by atoms with Crippen LogP contribution < -0.4 is 26.4 Å². The van der Waals surface area contributed by atoms with Crippen molar-refractivity contribution in [2.24, 2.45) is 5.10 Å². The summed E-state index contributed by atoms with van der Waals surface area (Å²) in [7, 11) is 1.53. The quantitative estimate of drug-likeness (QED) is 0.549. The maximum atomic E-state index is 12.7. The van der Waals surface area contributed by atoms with Crippen LogP contribution in [0.2, 0.25) is 5.02 Å². The van der Waals surface area contributed by atoms with E-state index in [0.29, 0.717) is 0 Å². The molecule has 1 aliphatic rings. The number of rotatable bonds is 4. The second-order valence-corrected chi connectivity index (χ2v) is 5.61. The summed E-state index contributed by atoms with van der Waals surface area (Å²) in [5.74, 6) is -3.14. The molecule has 0 unspecified atom stereocenters. The molecule has 2 aromatic rings. The highest BCUT2D eigenvalue weighted by Gasteiger charge is 2.34. The average Bonchev–Trinajstić information content (AvgIpc) is 3.29. The third kappa shape index (κ3) is 4.64.